The van der Waals surface area contributed by atoms with Crippen LogP contribution in [0.25, 0.3) is 0 Å². The molecule has 4 nitrogen and oxygen atoms in total. The van der Waals surface area contributed by atoms with Crippen molar-refractivity contribution in [2.24, 2.45) is 0 Å². The molecule has 0 spiro atoms. The van der Waals surface area contributed by atoms with Crippen LogP contribution in [0.15, 0.2) is 42.0 Å². The summed E-state index contributed by atoms with van der Waals surface area (Å²) in [5.41, 5.74) is 1.93. The van der Waals surface area contributed by atoms with Crippen molar-refractivity contribution in [3.63, 3.8) is 0 Å². The van der Waals surface area contributed by atoms with Gasteiger partial charge in [-0.3, -0.25) is 4.90 Å². The number of hydrogen-bond donors (Lipinski definition) is 0. The van der Waals surface area contributed by atoms with Crippen molar-refractivity contribution in [2.45, 2.75) is 19.6 Å². The number of nitriles is 1. The minimum absolute atomic E-state index is 0.0343. The molecule has 0 saturated carbocycles. The first-order valence-corrected chi connectivity index (χ1v) is 5.78. The molecule has 1 saturated heterocycles. The molecular formula is C14H14N2O2. The van der Waals surface area contributed by atoms with Crippen molar-refractivity contribution in [3.05, 3.63) is 47.5 Å². The summed E-state index contributed by atoms with van der Waals surface area (Å²) >= 11 is 0. The average molecular weight is 242 g/mol. The number of ether oxygens (including phenoxy) is 1. The van der Waals surface area contributed by atoms with Crippen LogP contribution in [0.4, 0.5) is 4.79 Å². The second-order valence-electron chi connectivity index (χ2n) is 4.19. The van der Waals surface area contributed by atoms with E-state index in [9.17, 15) is 4.79 Å². The van der Waals surface area contributed by atoms with Crippen LogP contribution in [0.1, 0.15) is 12.5 Å². The van der Waals surface area contributed by atoms with Crippen LogP contribution >= 0.6 is 0 Å². The Labute approximate surface area is 106 Å². The predicted molar refractivity (Wildman–Crippen MR) is 66.5 cm³/mol. The maximum Gasteiger partial charge on any atom is 0.410 e. The van der Waals surface area contributed by atoms with Gasteiger partial charge in [-0.15, -0.1) is 0 Å². The molecule has 0 aromatic heterocycles. The molecule has 92 valence electrons. The highest BCUT2D eigenvalue weighted by Crippen LogP contribution is 2.24. The third-order valence-corrected chi connectivity index (χ3v) is 3.05. The molecule has 1 atom stereocenters. The predicted octanol–water partition coefficient (Wildman–Crippen LogP) is 2.48. The maximum absolute atomic E-state index is 11.8. The third kappa shape index (κ3) is 2.51. The number of hydrogen-bond acceptors (Lipinski definition) is 3. The number of likely N-dealkylation sites (tertiary alicyclic amines) is 1. The number of carbonyl (C=O) groups excluding carboxylic acids is 1. The number of amides is 1. The zero-order valence-electron chi connectivity index (χ0n) is 10.2. The fourth-order valence-electron chi connectivity index (χ4n) is 1.83. The van der Waals surface area contributed by atoms with Crippen LogP contribution in [-0.4, -0.2) is 23.6 Å². The second kappa shape index (κ2) is 5.37. The first kappa shape index (κ1) is 12.2. The molecule has 18 heavy (non-hydrogen) atoms. The zero-order valence-corrected chi connectivity index (χ0v) is 10.2. The molecule has 1 aromatic rings. The summed E-state index contributed by atoms with van der Waals surface area (Å²) in [6, 6.07) is 11.5. The van der Waals surface area contributed by atoms with E-state index in [0.717, 1.165) is 11.1 Å². The first-order valence-electron chi connectivity index (χ1n) is 5.78. The van der Waals surface area contributed by atoms with E-state index in [2.05, 4.69) is 0 Å². The number of nitrogens with zero attached hydrogens (tertiary/aromatic N) is 2. The summed E-state index contributed by atoms with van der Waals surface area (Å²) in [7, 11) is 0. The van der Waals surface area contributed by atoms with Crippen LogP contribution in [0.3, 0.4) is 0 Å². The van der Waals surface area contributed by atoms with E-state index in [-0.39, 0.29) is 18.7 Å². The van der Waals surface area contributed by atoms with E-state index in [1.54, 1.807) is 4.90 Å². The standard InChI is InChI=1S/C14H14N2O2/c1-11-13(7-8-15)9-16(11)14(17)18-10-12-5-3-2-4-6-12/h2-7,11H,9-10H2,1H3/t11-/m1/s1. The van der Waals surface area contributed by atoms with Gasteiger partial charge in [0.15, 0.2) is 0 Å². The Morgan fingerprint density at radius 3 is 2.89 bits per heavy atom. The lowest BCUT2D eigenvalue weighted by Gasteiger charge is -2.39. The van der Waals surface area contributed by atoms with Crippen LogP contribution in [0, 0.1) is 11.3 Å². The molecule has 4 heteroatoms. The van der Waals surface area contributed by atoms with Crippen molar-refractivity contribution in [1.82, 2.24) is 4.90 Å². The Bertz CT molecular complexity index is 502. The summed E-state index contributed by atoms with van der Waals surface area (Å²) in [5.74, 6) is 0. The van der Waals surface area contributed by atoms with Crippen molar-refractivity contribution in [1.29, 1.82) is 5.26 Å². The van der Waals surface area contributed by atoms with Crippen molar-refractivity contribution >= 4 is 6.09 Å². The van der Waals surface area contributed by atoms with E-state index in [1.165, 1.54) is 6.08 Å². The van der Waals surface area contributed by atoms with Gasteiger partial charge in [-0.25, -0.2) is 4.79 Å². The Hall–Kier alpha value is -2.28. The summed E-state index contributed by atoms with van der Waals surface area (Å²) in [6.07, 6.45) is 1.16. The van der Waals surface area contributed by atoms with Crippen LogP contribution < -0.4 is 0 Å². The van der Waals surface area contributed by atoms with Gasteiger partial charge in [0, 0.05) is 12.6 Å². The fraction of sp³-hybridized carbons (Fsp3) is 0.286. The molecule has 1 aliphatic heterocycles. The van der Waals surface area contributed by atoms with Gasteiger partial charge in [0.1, 0.15) is 6.61 Å². The van der Waals surface area contributed by atoms with Gasteiger partial charge >= 0.3 is 6.09 Å². The Morgan fingerprint density at radius 2 is 2.28 bits per heavy atom. The van der Waals surface area contributed by atoms with E-state index in [4.69, 9.17) is 10.00 Å². The molecule has 1 heterocycles. The Morgan fingerprint density at radius 1 is 1.56 bits per heavy atom. The normalized spacial score (nSPS) is 20.1. The highest BCUT2D eigenvalue weighted by atomic mass is 16.6. The quantitative estimate of drug-likeness (QED) is 0.748. The molecule has 1 aromatic carbocycles. The second-order valence-corrected chi connectivity index (χ2v) is 4.19. The molecular weight excluding hydrogens is 228 g/mol. The fourth-order valence-corrected chi connectivity index (χ4v) is 1.83. The monoisotopic (exact) mass is 242 g/mol. The van der Waals surface area contributed by atoms with Crippen LogP contribution in [-0.2, 0) is 11.3 Å². The SMILES string of the molecule is C[C@@H]1C(=CC#N)CN1C(=O)OCc1ccccc1. The van der Waals surface area contributed by atoms with E-state index in [0.29, 0.717) is 6.54 Å². The van der Waals surface area contributed by atoms with Gasteiger partial charge in [0.25, 0.3) is 0 Å². The van der Waals surface area contributed by atoms with E-state index >= 15 is 0 Å². The van der Waals surface area contributed by atoms with Crippen molar-refractivity contribution in [2.75, 3.05) is 6.54 Å². The number of rotatable bonds is 2. The minimum Gasteiger partial charge on any atom is -0.445 e. The molecule has 0 aliphatic carbocycles. The lowest BCUT2D eigenvalue weighted by atomic mass is 9.98. The van der Waals surface area contributed by atoms with Crippen molar-refractivity contribution in [3.8, 4) is 6.07 Å². The number of carbonyl (C=O) groups is 1. The van der Waals surface area contributed by atoms with Gasteiger partial charge < -0.3 is 4.74 Å². The molecule has 2 rings (SSSR count). The van der Waals surface area contributed by atoms with Crippen LogP contribution in [0.2, 0.25) is 0 Å². The number of allylic oxidation sites excluding steroid dienone is 1. The molecule has 0 unspecified atom stereocenters. The summed E-state index contributed by atoms with van der Waals surface area (Å²) in [5, 5.41) is 8.54. The zero-order chi connectivity index (χ0) is 13.0. The van der Waals surface area contributed by atoms with Gasteiger partial charge in [0.2, 0.25) is 0 Å². The molecule has 0 bridgehead atoms. The van der Waals surface area contributed by atoms with E-state index in [1.807, 2.05) is 43.3 Å². The average Bonchev–Trinajstić information content (AvgIpc) is 2.41. The summed E-state index contributed by atoms with van der Waals surface area (Å²) < 4.78 is 5.21. The third-order valence-electron chi connectivity index (χ3n) is 3.05. The smallest absolute Gasteiger partial charge is 0.410 e. The highest BCUT2D eigenvalue weighted by Gasteiger charge is 2.34. The van der Waals surface area contributed by atoms with Crippen LogP contribution in [0.5, 0.6) is 0 Å². The number of benzene rings is 1. The lowest BCUT2D eigenvalue weighted by Crippen LogP contribution is -2.51. The Balaban J connectivity index is 1.84. The summed E-state index contributed by atoms with van der Waals surface area (Å²) in [4.78, 5) is 13.4. The largest absolute Gasteiger partial charge is 0.445 e. The molecule has 1 aliphatic rings. The highest BCUT2D eigenvalue weighted by molar-refractivity contribution is 5.71. The molecule has 1 amide bonds. The van der Waals surface area contributed by atoms with Gasteiger partial charge in [0.05, 0.1) is 12.1 Å². The lowest BCUT2D eigenvalue weighted by molar-refractivity contribution is 0.0736. The summed E-state index contributed by atoms with van der Waals surface area (Å²) in [6.45, 7) is 2.65. The Kier molecular flexibility index (Phi) is 3.63. The van der Waals surface area contributed by atoms with Crippen molar-refractivity contribution < 1.29 is 9.53 Å². The maximum atomic E-state index is 11.8. The molecule has 0 N–H and O–H groups in total. The van der Waals surface area contributed by atoms with Gasteiger partial charge in [-0.05, 0) is 18.1 Å². The van der Waals surface area contributed by atoms with Gasteiger partial charge in [-0.2, -0.15) is 5.26 Å². The van der Waals surface area contributed by atoms with E-state index < -0.39 is 0 Å². The molecule has 1 fully saturated rings. The first-order chi connectivity index (χ1) is 8.72. The molecule has 0 radical (unpaired) electrons. The topological polar surface area (TPSA) is 53.3 Å². The van der Waals surface area contributed by atoms with Gasteiger partial charge in [-0.1, -0.05) is 30.3 Å². The minimum atomic E-state index is -0.332.